The average Bonchev–Trinajstić information content (AvgIpc) is 3.30. The minimum absolute atomic E-state index is 0.136. The van der Waals surface area contributed by atoms with E-state index in [9.17, 15) is 15.3 Å². The molecule has 2 aromatic carbocycles. The van der Waals surface area contributed by atoms with Crippen LogP contribution in [0.5, 0.6) is 17.2 Å². The van der Waals surface area contributed by atoms with Crippen LogP contribution in [0.1, 0.15) is 11.1 Å². The number of rotatable bonds is 7. The highest BCUT2D eigenvalue weighted by atomic mass is 16.3. The highest BCUT2D eigenvalue weighted by molar-refractivity contribution is 6.01. The van der Waals surface area contributed by atoms with E-state index in [4.69, 9.17) is 0 Å². The average molecular weight is 423 g/mol. The number of fused-ring (bicyclic) bond motifs is 2. The van der Waals surface area contributed by atoms with Crippen LogP contribution >= 0.6 is 0 Å². The predicted octanol–water partition coefficient (Wildman–Crippen LogP) is 3.64. The van der Waals surface area contributed by atoms with Gasteiger partial charge in [0, 0.05) is 41.1 Å². The van der Waals surface area contributed by atoms with Crippen molar-refractivity contribution in [2.24, 2.45) is 0 Å². The summed E-state index contributed by atoms with van der Waals surface area (Å²) in [7, 11) is 8.05. The summed E-state index contributed by atoms with van der Waals surface area (Å²) in [5.41, 5.74) is 4.99. The van der Waals surface area contributed by atoms with E-state index in [2.05, 4.69) is 19.8 Å². The van der Waals surface area contributed by atoms with Crippen molar-refractivity contribution in [2.75, 3.05) is 41.3 Å². The molecule has 4 rings (SSSR count). The van der Waals surface area contributed by atoms with E-state index in [1.807, 2.05) is 46.5 Å². The number of nitrogens with one attached hydrogen (secondary N) is 2. The van der Waals surface area contributed by atoms with Crippen LogP contribution in [-0.2, 0) is 12.8 Å². The lowest BCUT2D eigenvalue weighted by molar-refractivity contribution is 0.406. The zero-order valence-electron chi connectivity index (χ0n) is 18.5. The number of aromatic amines is 2. The number of aromatic nitrogens is 2. The molecular weight excluding hydrogens is 392 g/mol. The Morgan fingerprint density at radius 3 is 2.16 bits per heavy atom. The first-order valence-electron chi connectivity index (χ1n) is 10.4. The fourth-order valence-corrected chi connectivity index (χ4v) is 4.16. The minimum Gasteiger partial charge on any atom is -0.507 e. The third-order valence-corrected chi connectivity index (χ3v) is 5.83. The number of benzene rings is 2. The maximum atomic E-state index is 11.3. The summed E-state index contributed by atoms with van der Waals surface area (Å²) in [5.74, 6) is -0.0723. The third-order valence-electron chi connectivity index (χ3n) is 5.83. The molecule has 7 heteroatoms. The smallest absolute Gasteiger partial charge is 0.167 e. The molecule has 0 spiro atoms. The van der Waals surface area contributed by atoms with Crippen LogP contribution in [0.3, 0.4) is 0 Å². The number of H-pyrrole nitrogens is 2. The van der Waals surface area contributed by atoms with Gasteiger partial charge in [0.25, 0.3) is 0 Å². The minimum atomic E-state index is -0.152. The Hall–Kier alpha value is -3.16. The van der Waals surface area contributed by atoms with Crippen LogP contribution in [0.2, 0.25) is 0 Å². The van der Waals surface area contributed by atoms with Gasteiger partial charge in [-0.2, -0.15) is 0 Å². The van der Waals surface area contributed by atoms with Crippen LogP contribution < -0.4 is 0 Å². The van der Waals surface area contributed by atoms with Gasteiger partial charge in [0.05, 0.1) is 11.2 Å². The highest BCUT2D eigenvalue weighted by Crippen LogP contribution is 2.44. The molecule has 0 aliphatic carbocycles. The van der Waals surface area contributed by atoms with Crippen molar-refractivity contribution >= 4 is 21.8 Å². The number of aromatic hydroxyl groups is 3. The topological polar surface area (TPSA) is 98.8 Å². The summed E-state index contributed by atoms with van der Waals surface area (Å²) in [4.78, 5) is 10.8. The molecule has 2 heterocycles. The van der Waals surface area contributed by atoms with Gasteiger partial charge in [0.2, 0.25) is 0 Å². The molecule has 0 aliphatic heterocycles. The Bertz CT molecular complexity index is 1240. The van der Waals surface area contributed by atoms with Crippen LogP contribution in [0.15, 0.2) is 30.5 Å². The van der Waals surface area contributed by atoms with E-state index >= 15 is 0 Å². The molecule has 0 saturated heterocycles. The van der Waals surface area contributed by atoms with E-state index in [0.717, 1.165) is 52.8 Å². The Labute approximate surface area is 181 Å². The SMILES string of the molecule is CN(C)CCc1c[nH]c2ccc(-c3[nH]c4ccc(O)c(O)c4c3CCN(C)C)c(O)c12. The zero-order valence-corrected chi connectivity index (χ0v) is 18.5. The van der Waals surface area contributed by atoms with E-state index < -0.39 is 0 Å². The fraction of sp³-hybridized carbons (Fsp3) is 0.333. The Morgan fingerprint density at radius 2 is 1.45 bits per heavy atom. The van der Waals surface area contributed by atoms with Gasteiger partial charge in [0.1, 0.15) is 5.75 Å². The van der Waals surface area contributed by atoms with Crippen molar-refractivity contribution in [1.29, 1.82) is 0 Å². The van der Waals surface area contributed by atoms with E-state index in [-0.39, 0.29) is 17.2 Å². The van der Waals surface area contributed by atoms with Gasteiger partial charge in [-0.1, -0.05) is 0 Å². The summed E-state index contributed by atoms with van der Waals surface area (Å²) in [6.45, 7) is 1.64. The van der Waals surface area contributed by atoms with Gasteiger partial charge in [-0.05, 0) is 76.4 Å². The lowest BCUT2D eigenvalue weighted by atomic mass is 9.98. The lowest BCUT2D eigenvalue weighted by Gasteiger charge is -2.13. The van der Waals surface area contributed by atoms with Crippen molar-refractivity contribution in [3.05, 3.63) is 41.6 Å². The molecule has 0 fully saturated rings. The second-order valence-electron chi connectivity index (χ2n) is 8.64. The monoisotopic (exact) mass is 422 g/mol. The van der Waals surface area contributed by atoms with E-state index in [0.29, 0.717) is 17.4 Å². The number of hydrogen-bond acceptors (Lipinski definition) is 5. The second-order valence-corrected chi connectivity index (χ2v) is 8.64. The molecule has 164 valence electrons. The Morgan fingerprint density at radius 1 is 0.774 bits per heavy atom. The van der Waals surface area contributed by atoms with Crippen molar-refractivity contribution in [3.63, 3.8) is 0 Å². The molecule has 7 nitrogen and oxygen atoms in total. The quantitative estimate of drug-likeness (QED) is 0.293. The maximum absolute atomic E-state index is 11.3. The van der Waals surface area contributed by atoms with Crippen molar-refractivity contribution in [1.82, 2.24) is 19.8 Å². The number of phenolic OH excluding ortho intramolecular Hbond substituents is 3. The highest BCUT2D eigenvalue weighted by Gasteiger charge is 2.22. The normalized spacial score (nSPS) is 12.1. The molecule has 0 atom stereocenters. The second kappa shape index (κ2) is 8.17. The van der Waals surface area contributed by atoms with Gasteiger partial charge in [-0.15, -0.1) is 0 Å². The van der Waals surface area contributed by atoms with Crippen LogP contribution in [0.25, 0.3) is 33.1 Å². The fourth-order valence-electron chi connectivity index (χ4n) is 4.16. The maximum Gasteiger partial charge on any atom is 0.167 e. The van der Waals surface area contributed by atoms with Gasteiger partial charge >= 0.3 is 0 Å². The molecule has 0 amide bonds. The molecule has 5 N–H and O–H groups in total. The largest absolute Gasteiger partial charge is 0.507 e. The Kier molecular flexibility index (Phi) is 5.56. The number of nitrogens with zero attached hydrogens (tertiary/aromatic N) is 2. The zero-order chi connectivity index (χ0) is 22.3. The van der Waals surface area contributed by atoms with Crippen LogP contribution in [0.4, 0.5) is 0 Å². The third kappa shape index (κ3) is 3.82. The first kappa shape index (κ1) is 21.1. The van der Waals surface area contributed by atoms with Crippen molar-refractivity contribution in [2.45, 2.75) is 12.8 Å². The van der Waals surface area contributed by atoms with Gasteiger partial charge < -0.3 is 35.1 Å². The molecule has 0 aliphatic rings. The molecule has 0 saturated carbocycles. The summed E-state index contributed by atoms with van der Waals surface area (Å²) >= 11 is 0. The molecule has 0 bridgehead atoms. The number of likely N-dealkylation sites (N-methyl/N-ethyl adjacent to an activating group) is 2. The molecule has 0 unspecified atom stereocenters. The summed E-state index contributed by atoms with van der Waals surface area (Å²) in [6, 6.07) is 7.09. The van der Waals surface area contributed by atoms with Gasteiger partial charge in [-0.25, -0.2) is 0 Å². The first-order chi connectivity index (χ1) is 14.8. The first-order valence-corrected chi connectivity index (χ1v) is 10.4. The standard InChI is InChI=1S/C24H30N4O3/c1-27(2)11-9-14-13-25-17-6-5-16(23(30)20(14)17)22-15(10-12-28(3)4)21-18(26-22)7-8-19(29)24(21)31/h5-8,13,25-26,29-31H,9-12H2,1-4H3. The molecule has 2 aromatic heterocycles. The van der Waals surface area contributed by atoms with Gasteiger partial charge in [-0.3, -0.25) is 0 Å². The molecule has 4 aromatic rings. The number of phenols is 3. The molecule has 0 radical (unpaired) electrons. The van der Waals surface area contributed by atoms with Crippen LogP contribution in [0, 0.1) is 0 Å². The van der Waals surface area contributed by atoms with Crippen molar-refractivity contribution < 1.29 is 15.3 Å². The lowest BCUT2D eigenvalue weighted by Crippen LogP contribution is -2.15. The predicted molar refractivity (Wildman–Crippen MR) is 125 cm³/mol. The van der Waals surface area contributed by atoms with E-state index in [1.54, 1.807) is 6.07 Å². The van der Waals surface area contributed by atoms with Gasteiger partial charge in [0.15, 0.2) is 11.5 Å². The van der Waals surface area contributed by atoms with Crippen molar-refractivity contribution in [3.8, 4) is 28.5 Å². The molecular formula is C24H30N4O3. The van der Waals surface area contributed by atoms with E-state index in [1.165, 1.54) is 6.07 Å². The summed E-state index contributed by atoms with van der Waals surface area (Å²) in [6.07, 6.45) is 3.43. The summed E-state index contributed by atoms with van der Waals surface area (Å²) < 4.78 is 0. The van der Waals surface area contributed by atoms with Crippen LogP contribution in [-0.4, -0.2) is 76.4 Å². The number of hydrogen-bond donors (Lipinski definition) is 5. The Balaban J connectivity index is 1.91. The summed E-state index contributed by atoms with van der Waals surface area (Å²) in [5, 5.41) is 33.4. The molecule has 31 heavy (non-hydrogen) atoms.